The molecule has 4 nitrogen and oxygen atoms in total. The summed E-state index contributed by atoms with van der Waals surface area (Å²) in [5.41, 5.74) is 0. The molecule has 4 heteroatoms. The number of allylic oxidation sites excluding steroid dienone is 2. The second-order valence-corrected chi connectivity index (χ2v) is 5.74. The lowest BCUT2D eigenvalue weighted by Gasteiger charge is -2.17. The zero-order valence-electron chi connectivity index (χ0n) is 11.3. The summed E-state index contributed by atoms with van der Waals surface area (Å²) in [5.74, 6) is 0.791. The van der Waals surface area contributed by atoms with E-state index in [2.05, 4.69) is 17.5 Å². The van der Waals surface area contributed by atoms with Crippen LogP contribution in [0.5, 0.6) is 0 Å². The number of fused-ring (bicyclic) bond motifs is 2. The van der Waals surface area contributed by atoms with Crippen molar-refractivity contribution in [2.45, 2.75) is 44.9 Å². The molecular weight excluding hydrogens is 242 g/mol. The lowest BCUT2D eigenvalue weighted by molar-refractivity contribution is -0.137. The van der Waals surface area contributed by atoms with Gasteiger partial charge in [0.25, 0.3) is 0 Å². The first kappa shape index (κ1) is 14.1. The summed E-state index contributed by atoms with van der Waals surface area (Å²) in [6.07, 6.45) is 10.5. The quantitative estimate of drug-likeness (QED) is 0.523. The number of amides is 1. The van der Waals surface area contributed by atoms with Gasteiger partial charge in [-0.2, -0.15) is 0 Å². The monoisotopic (exact) mass is 265 g/mol. The molecule has 0 aromatic heterocycles. The molecule has 2 N–H and O–H groups in total. The molecule has 0 saturated heterocycles. The largest absolute Gasteiger partial charge is 0.481 e. The van der Waals surface area contributed by atoms with Gasteiger partial charge in [0.05, 0.1) is 0 Å². The molecule has 1 amide bonds. The van der Waals surface area contributed by atoms with Gasteiger partial charge in [0.2, 0.25) is 5.91 Å². The molecule has 2 rings (SSSR count). The molecule has 2 bridgehead atoms. The van der Waals surface area contributed by atoms with Gasteiger partial charge in [-0.3, -0.25) is 9.59 Å². The van der Waals surface area contributed by atoms with Crippen molar-refractivity contribution in [3.63, 3.8) is 0 Å². The predicted molar refractivity (Wildman–Crippen MR) is 72.6 cm³/mol. The van der Waals surface area contributed by atoms with E-state index in [1.165, 1.54) is 0 Å². The molecule has 0 aromatic carbocycles. The third-order valence-electron chi connectivity index (χ3n) is 4.23. The maximum atomic E-state index is 12.0. The lowest BCUT2D eigenvalue weighted by atomic mass is 9.93. The van der Waals surface area contributed by atoms with E-state index in [0.717, 1.165) is 45.1 Å². The fourth-order valence-corrected chi connectivity index (χ4v) is 3.18. The van der Waals surface area contributed by atoms with Gasteiger partial charge in [-0.1, -0.05) is 25.0 Å². The minimum absolute atomic E-state index is 0.196. The van der Waals surface area contributed by atoms with Crippen LogP contribution in [0.2, 0.25) is 0 Å². The minimum Gasteiger partial charge on any atom is -0.481 e. The Morgan fingerprint density at radius 2 is 1.89 bits per heavy atom. The van der Waals surface area contributed by atoms with Crippen LogP contribution in [0.4, 0.5) is 0 Å². The van der Waals surface area contributed by atoms with Gasteiger partial charge >= 0.3 is 5.97 Å². The first-order valence-electron chi connectivity index (χ1n) is 7.34. The van der Waals surface area contributed by atoms with Gasteiger partial charge in [-0.25, -0.2) is 0 Å². The first-order valence-corrected chi connectivity index (χ1v) is 7.34. The Hall–Kier alpha value is -1.32. The van der Waals surface area contributed by atoms with Crippen LogP contribution in [0.3, 0.4) is 0 Å². The van der Waals surface area contributed by atoms with Gasteiger partial charge in [0.1, 0.15) is 0 Å². The predicted octanol–water partition coefficient (Wildman–Crippen LogP) is 2.35. The molecule has 3 unspecified atom stereocenters. The van der Waals surface area contributed by atoms with Gasteiger partial charge < -0.3 is 10.4 Å². The van der Waals surface area contributed by atoms with Crippen LogP contribution < -0.4 is 5.32 Å². The van der Waals surface area contributed by atoms with Crippen LogP contribution in [-0.2, 0) is 9.59 Å². The molecule has 1 saturated carbocycles. The minimum atomic E-state index is -0.724. The SMILES string of the molecule is O=C(O)CCCCCCNC(=O)C1CC2C=CC1C2. The third-order valence-corrected chi connectivity index (χ3v) is 4.23. The number of rotatable bonds is 8. The maximum Gasteiger partial charge on any atom is 0.303 e. The van der Waals surface area contributed by atoms with Crippen molar-refractivity contribution in [3.8, 4) is 0 Å². The Morgan fingerprint density at radius 3 is 2.53 bits per heavy atom. The summed E-state index contributed by atoms with van der Waals surface area (Å²) in [6, 6.07) is 0. The van der Waals surface area contributed by atoms with Crippen molar-refractivity contribution in [1.82, 2.24) is 5.32 Å². The number of nitrogens with one attached hydrogen (secondary N) is 1. The van der Waals surface area contributed by atoms with E-state index in [1.54, 1.807) is 0 Å². The van der Waals surface area contributed by atoms with Crippen molar-refractivity contribution < 1.29 is 14.7 Å². The summed E-state index contributed by atoms with van der Waals surface area (Å²) < 4.78 is 0. The lowest BCUT2D eigenvalue weighted by Crippen LogP contribution is -2.33. The summed E-state index contributed by atoms with van der Waals surface area (Å²) in [6.45, 7) is 0.726. The van der Waals surface area contributed by atoms with Crippen molar-refractivity contribution in [2.75, 3.05) is 6.54 Å². The molecule has 0 aliphatic heterocycles. The van der Waals surface area contributed by atoms with Crippen LogP contribution in [0.15, 0.2) is 12.2 Å². The Kier molecular flexibility index (Phi) is 5.00. The van der Waals surface area contributed by atoms with Gasteiger partial charge in [-0.05, 0) is 37.5 Å². The molecular formula is C15H23NO3. The van der Waals surface area contributed by atoms with Gasteiger partial charge in [-0.15, -0.1) is 0 Å². The number of carbonyl (C=O) groups excluding carboxylic acids is 1. The number of carboxylic acid groups (broad SMARTS) is 1. The normalized spacial score (nSPS) is 27.7. The molecule has 3 atom stereocenters. The number of carboxylic acids is 1. The molecule has 0 aromatic rings. The number of hydrogen-bond acceptors (Lipinski definition) is 2. The fourth-order valence-electron chi connectivity index (χ4n) is 3.18. The highest BCUT2D eigenvalue weighted by molar-refractivity contribution is 5.79. The van der Waals surface area contributed by atoms with E-state index in [1.807, 2.05) is 0 Å². The highest BCUT2D eigenvalue weighted by Crippen LogP contribution is 2.43. The standard InChI is InChI=1S/C15H23NO3/c17-14(18)5-3-1-2-4-8-16-15(19)13-10-11-6-7-12(13)9-11/h6-7,11-13H,1-5,8-10H2,(H,16,19)(H,17,18). The Labute approximate surface area is 114 Å². The molecule has 2 aliphatic carbocycles. The van der Waals surface area contributed by atoms with Crippen molar-refractivity contribution in [3.05, 3.63) is 12.2 Å². The van der Waals surface area contributed by atoms with Crippen molar-refractivity contribution in [1.29, 1.82) is 0 Å². The molecule has 0 heterocycles. The summed E-state index contributed by atoms with van der Waals surface area (Å²) >= 11 is 0. The van der Waals surface area contributed by atoms with E-state index in [0.29, 0.717) is 11.8 Å². The number of carbonyl (C=O) groups is 2. The van der Waals surface area contributed by atoms with Crippen molar-refractivity contribution in [2.24, 2.45) is 17.8 Å². The molecule has 19 heavy (non-hydrogen) atoms. The average molecular weight is 265 g/mol. The molecule has 0 spiro atoms. The van der Waals surface area contributed by atoms with Crippen LogP contribution in [0.25, 0.3) is 0 Å². The van der Waals surface area contributed by atoms with E-state index in [9.17, 15) is 9.59 Å². The smallest absolute Gasteiger partial charge is 0.303 e. The molecule has 0 radical (unpaired) electrons. The van der Waals surface area contributed by atoms with Crippen LogP contribution in [-0.4, -0.2) is 23.5 Å². The first-order chi connectivity index (χ1) is 9.16. The third kappa shape index (κ3) is 4.08. The van der Waals surface area contributed by atoms with Crippen LogP contribution >= 0.6 is 0 Å². The zero-order valence-corrected chi connectivity index (χ0v) is 11.3. The van der Waals surface area contributed by atoms with E-state index in [4.69, 9.17) is 5.11 Å². The second-order valence-electron chi connectivity index (χ2n) is 5.74. The molecule has 1 fully saturated rings. The number of unbranched alkanes of at least 4 members (excludes halogenated alkanes) is 3. The van der Waals surface area contributed by atoms with E-state index in [-0.39, 0.29) is 18.2 Å². The Morgan fingerprint density at radius 1 is 1.11 bits per heavy atom. The average Bonchev–Trinajstić information content (AvgIpc) is 2.99. The highest BCUT2D eigenvalue weighted by atomic mass is 16.4. The summed E-state index contributed by atoms with van der Waals surface area (Å²) in [5, 5.41) is 11.5. The summed E-state index contributed by atoms with van der Waals surface area (Å²) in [7, 11) is 0. The van der Waals surface area contributed by atoms with E-state index < -0.39 is 5.97 Å². The summed E-state index contributed by atoms with van der Waals surface area (Å²) in [4.78, 5) is 22.3. The molecule has 106 valence electrons. The Balaban J connectivity index is 1.50. The van der Waals surface area contributed by atoms with Crippen LogP contribution in [0.1, 0.15) is 44.9 Å². The number of aliphatic carboxylic acids is 1. The maximum absolute atomic E-state index is 12.0. The fraction of sp³-hybridized carbons (Fsp3) is 0.733. The zero-order chi connectivity index (χ0) is 13.7. The molecule has 2 aliphatic rings. The number of hydrogen-bond donors (Lipinski definition) is 2. The highest BCUT2D eigenvalue weighted by Gasteiger charge is 2.39. The topological polar surface area (TPSA) is 66.4 Å². The van der Waals surface area contributed by atoms with Gasteiger partial charge in [0.15, 0.2) is 0 Å². The van der Waals surface area contributed by atoms with Crippen molar-refractivity contribution >= 4 is 11.9 Å². The van der Waals surface area contributed by atoms with Gasteiger partial charge in [0, 0.05) is 18.9 Å². The Bertz CT molecular complexity index is 364. The second kappa shape index (κ2) is 6.73. The van der Waals surface area contributed by atoms with Crippen LogP contribution in [0, 0.1) is 17.8 Å². The van der Waals surface area contributed by atoms with E-state index >= 15 is 0 Å².